The Bertz CT molecular complexity index is 599. The lowest BCUT2D eigenvalue weighted by molar-refractivity contribution is 0.102. The third-order valence-corrected chi connectivity index (χ3v) is 3.16. The first-order valence-corrected chi connectivity index (χ1v) is 6.42. The van der Waals surface area contributed by atoms with Crippen LogP contribution in [0.25, 0.3) is 0 Å². The largest absolute Gasteiger partial charge is 0.322 e. The number of anilines is 1. The van der Waals surface area contributed by atoms with Crippen molar-refractivity contribution >= 4 is 34.8 Å². The van der Waals surface area contributed by atoms with Gasteiger partial charge in [-0.15, -0.1) is 11.6 Å². The maximum atomic E-state index is 13.2. The van der Waals surface area contributed by atoms with Crippen molar-refractivity contribution in [2.24, 2.45) is 0 Å². The van der Waals surface area contributed by atoms with E-state index < -0.39 is 5.82 Å². The van der Waals surface area contributed by atoms with Gasteiger partial charge in [-0.25, -0.2) is 4.39 Å². The number of hydrogen-bond acceptors (Lipinski definition) is 1. The van der Waals surface area contributed by atoms with Gasteiger partial charge in [-0.05, 0) is 35.9 Å². The average Bonchev–Trinajstić information content (AvgIpc) is 2.43. The lowest BCUT2D eigenvalue weighted by atomic mass is 10.1. The molecule has 0 radical (unpaired) electrons. The number of carbonyl (C=O) groups is 1. The lowest BCUT2D eigenvalue weighted by Crippen LogP contribution is -2.11. The zero-order chi connectivity index (χ0) is 13.8. The molecule has 0 unspecified atom stereocenters. The van der Waals surface area contributed by atoms with Crippen molar-refractivity contribution in [1.29, 1.82) is 0 Å². The number of hydrogen-bond donors (Lipinski definition) is 1. The first-order chi connectivity index (χ1) is 9.10. The molecule has 1 N–H and O–H groups in total. The van der Waals surface area contributed by atoms with E-state index in [1.807, 2.05) is 0 Å². The third-order valence-electron chi connectivity index (χ3n) is 2.55. The summed E-state index contributed by atoms with van der Waals surface area (Å²) in [6.07, 6.45) is 0. The molecular formula is C14H10Cl2FNO. The van der Waals surface area contributed by atoms with Gasteiger partial charge in [-0.1, -0.05) is 23.7 Å². The van der Waals surface area contributed by atoms with Crippen molar-refractivity contribution in [2.45, 2.75) is 5.88 Å². The summed E-state index contributed by atoms with van der Waals surface area (Å²) in [5.41, 5.74) is 1.76. The van der Waals surface area contributed by atoms with Crippen molar-refractivity contribution in [1.82, 2.24) is 0 Å². The summed E-state index contributed by atoms with van der Waals surface area (Å²) in [5, 5.41) is 2.61. The highest BCUT2D eigenvalue weighted by Crippen LogP contribution is 2.19. The van der Waals surface area contributed by atoms with Crippen LogP contribution in [0.1, 0.15) is 15.9 Å². The Balaban J connectivity index is 2.13. The molecule has 0 heterocycles. The smallest absolute Gasteiger partial charge is 0.255 e. The number of carbonyl (C=O) groups excluding carboxylic acids is 1. The Morgan fingerprint density at radius 2 is 1.84 bits per heavy atom. The van der Waals surface area contributed by atoms with Crippen LogP contribution in [0.2, 0.25) is 5.02 Å². The van der Waals surface area contributed by atoms with E-state index in [-0.39, 0.29) is 10.9 Å². The standard InChI is InChI=1S/C14H10Cl2FNO/c15-8-9-1-3-10(4-2-9)14(19)18-11-5-6-12(16)13(17)7-11/h1-7H,8H2,(H,18,19). The van der Waals surface area contributed by atoms with E-state index in [4.69, 9.17) is 23.2 Å². The molecule has 0 atom stereocenters. The molecule has 2 nitrogen and oxygen atoms in total. The molecule has 98 valence electrons. The minimum atomic E-state index is -0.572. The quantitative estimate of drug-likeness (QED) is 0.832. The number of halogens is 3. The normalized spacial score (nSPS) is 10.3. The van der Waals surface area contributed by atoms with Gasteiger partial charge in [0, 0.05) is 17.1 Å². The molecule has 2 aromatic carbocycles. The van der Waals surface area contributed by atoms with Crippen molar-refractivity contribution in [3.63, 3.8) is 0 Å². The fourth-order valence-corrected chi connectivity index (χ4v) is 1.82. The summed E-state index contributed by atoms with van der Waals surface area (Å²) in [4.78, 5) is 11.9. The summed E-state index contributed by atoms with van der Waals surface area (Å²) in [6.45, 7) is 0. The van der Waals surface area contributed by atoms with E-state index in [1.54, 1.807) is 24.3 Å². The van der Waals surface area contributed by atoms with E-state index in [0.29, 0.717) is 17.1 Å². The monoisotopic (exact) mass is 297 g/mol. The van der Waals surface area contributed by atoms with Crippen LogP contribution in [0.3, 0.4) is 0 Å². The zero-order valence-corrected chi connectivity index (χ0v) is 11.3. The molecule has 0 saturated heterocycles. The SMILES string of the molecule is O=C(Nc1ccc(Cl)c(F)c1)c1ccc(CCl)cc1. The summed E-state index contributed by atoms with van der Waals surface area (Å²) in [6, 6.07) is 11.0. The molecule has 19 heavy (non-hydrogen) atoms. The highest BCUT2D eigenvalue weighted by atomic mass is 35.5. The minimum Gasteiger partial charge on any atom is -0.322 e. The van der Waals surface area contributed by atoms with Crippen LogP contribution in [-0.2, 0) is 5.88 Å². The zero-order valence-electron chi connectivity index (χ0n) is 9.79. The Kier molecular flexibility index (Phi) is 4.40. The van der Waals surface area contributed by atoms with Gasteiger partial charge in [-0.2, -0.15) is 0 Å². The molecule has 0 aliphatic heterocycles. The summed E-state index contributed by atoms with van der Waals surface area (Å²) in [7, 11) is 0. The van der Waals surface area contributed by atoms with Gasteiger partial charge in [0.15, 0.2) is 0 Å². The fraction of sp³-hybridized carbons (Fsp3) is 0.0714. The number of amides is 1. The van der Waals surface area contributed by atoms with Gasteiger partial charge >= 0.3 is 0 Å². The molecule has 2 rings (SSSR count). The minimum absolute atomic E-state index is 0.0180. The molecule has 0 saturated carbocycles. The lowest BCUT2D eigenvalue weighted by Gasteiger charge is -2.06. The fourth-order valence-electron chi connectivity index (χ4n) is 1.52. The van der Waals surface area contributed by atoms with Crippen molar-refractivity contribution in [2.75, 3.05) is 5.32 Å². The molecule has 0 aliphatic rings. The highest BCUT2D eigenvalue weighted by Gasteiger charge is 2.07. The predicted octanol–water partition coefficient (Wildman–Crippen LogP) is 4.47. The average molecular weight is 298 g/mol. The van der Waals surface area contributed by atoms with Gasteiger partial charge in [0.2, 0.25) is 0 Å². The van der Waals surface area contributed by atoms with E-state index >= 15 is 0 Å². The van der Waals surface area contributed by atoms with E-state index in [9.17, 15) is 9.18 Å². The van der Waals surface area contributed by atoms with Gasteiger partial charge in [-0.3, -0.25) is 4.79 Å². The summed E-state index contributed by atoms with van der Waals surface area (Å²) < 4.78 is 13.2. The Morgan fingerprint density at radius 3 is 2.42 bits per heavy atom. The number of benzene rings is 2. The van der Waals surface area contributed by atoms with Crippen molar-refractivity contribution < 1.29 is 9.18 Å². The molecule has 0 aliphatic carbocycles. The number of rotatable bonds is 3. The maximum Gasteiger partial charge on any atom is 0.255 e. The third kappa shape index (κ3) is 3.46. The molecule has 0 bridgehead atoms. The first kappa shape index (κ1) is 13.8. The Morgan fingerprint density at radius 1 is 1.16 bits per heavy atom. The van der Waals surface area contributed by atoms with Gasteiger partial charge in [0.05, 0.1) is 5.02 Å². The maximum absolute atomic E-state index is 13.2. The molecule has 0 fully saturated rings. The molecule has 0 spiro atoms. The van der Waals surface area contributed by atoms with Gasteiger partial charge < -0.3 is 5.32 Å². The Labute approximate surface area is 120 Å². The highest BCUT2D eigenvalue weighted by molar-refractivity contribution is 6.30. The van der Waals surface area contributed by atoms with Crippen molar-refractivity contribution in [3.05, 3.63) is 64.4 Å². The number of nitrogens with one attached hydrogen (secondary N) is 1. The Hall–Kier alpha value is -1.58. The van der Waals surface area contributed by atoms with E-state index in [0.717, 1.165) is 5.56 Å². The van der Waals surface area contributed by atoms with Crippen LogP contribution in [0, 0.1) is 5.82 Å². The van der Waals surface area contributed by atoms with Crippen LogP contribution < -0.4 is 5.32 Å². The van der Waals surface area contributed by atoms with Crippen LogP contribution >= 0.6 is 23.2 Å². The second-order valence-corrected chi connectivity index (χ2v) is 4.59. The van der Waals surface area contributed by atoms with Crippen LogP contribution in [0.5, 0.6) is 0 Å². The van der Waals surface area contributed by atoms with Crippen molar-refractivity contribution in [3.8, 4) is 0 Å². The number of alkyl halides is 1. The first-order valence-electron chi connectivity index (χ1n) is 5.51. The molecular weight excluding hydrogens is 288 g/mol. The predicted molar refractivity (Wildman–Crippen MR) is 75.4 cm³/mol. The topological polar surface area (TPSA) is 29.1 Å². The van der Waals surface area contributed by atoms with Gasteiger partial charge in [0.1, 0.15) is 5.82 Å². The summed E-state index contributed by atoms with van der Waals surface area (Å²) in [5.74, 6) is -0.496. The molecule has 5 heteroatoms. The molecule has 0 aromatic heterocycles. The second-order valence-electron chi connectivity index (χ2n) is 3.91. The van der Waals surface area contributed by atoms with E-state index in [2.05, 4.69) is 5.32 Å². The second kappa shape index (κ2) is 6.04. The van der Waals surface area contributed by atoms with Crippen LogP contribution in [0.15, 0.2) is 42.5 Å². The molecule has 1 amide bonds. The van der Waals surface area contributed by atoms with Gasteiger partial charge in [0.25, 0.3) is 5.91 Å². The van der Waals surface area contributed by atoms with E-state index in [1.165, 1.54) is 18.2 Å². The molecule has 2 aromatic rings. The summed E-state index contributed by atoms with van der Waals surface area (Å²) >= 11 is 11.2. The van der Waals surface area contributed by atoms with Crippen LogP contribution in [-0.4, -0.2) is 5.91 Å². The van der Waals surface area contributed by atoms with Crippen LogP contribution in [0.4, 0.5) is 10.1 Å².